The number of carbonyl (C=O) groups excluding carboxylic acids is 3. The summed E-state index contributed by atoms with van der Waals surface area (Å²) in [6.45, 7) is 5.30. The highest BCUT2D eigenvalue weighted by atomic mass is 16.5. The van der Waals surface area contributed by atoms with Crippen molar-refractivity contribution < 1.29 is 19.1 Å². The van der Waals surface area contributed by atoms with Gasteiger partial charge in [0.15, 0.2) is 0 Å². The molecular weight excluding hydrogens is 356 g/mol. The third kappa shape index (κ3) is 6.08. The quantitative estimate of drug-likeness (QED) is 0.685. The second-order valence-electron chi connectivity index (χ2n) is 7.35. The molecule has 0 aliphatic heterocycles. The molecule has 0 radical (unpaired) electrons. The largest absolute Gasteiger partial charge is 0.467 e. The number of esters is 1. The predicted molar refractivity (Wildman–Crippen MR) is 109 cm³/mol. The molecular formula is C22H28N2O4. The van der Waals surface area contributed by atoms with E-state index in [1.54, 1.807) is 0 Å². The maximum atomic E-state index is 12.7. The highest BCUT2D eigenvalue weighted by molar-refractivity contribution is 5.90. The fourth-order valence-electron chi connectivity index (χ4n) is 3.16. The summed E-state index contributed by atoms with van der Waals surface area (Å²) in [6.07, 6.45) is 0.785. The van der Waals surface area contributed by atoms with Crippen LogP contribution in [-0.4, -0.2) is 37.0 Å². The lowest BCUT2D eigenvalue weighted by atomic mass is 10.00. The Labute approximate surface area is 165 Å². The van der Waals surface area contributed by atoms with Gasteiger partial charge in [-0.1, -0.05) is 56.3 Å². The molecule has 6 heteroatoms. The second-order valence-corrected chi connectivity index (χ2v) is 7.35. The maximum absolute atomic E-state index is 12.7. The number of rotatable bonds is 8. The average molecular weight is 384 g/mol. The van der Waals surface area contributed by atoms with E-state index >= 15 is 0 Å². The molecule has 0 unspecified atom stereocenters. The zero-order valence-corrected chi connectivity index (χ0v) is 16.8. The van der Waals surface area contributed by atoms with Crippen molar-refractivity contribution in [1.82, 2.24) is 10.6 Å². The number of carbonyl (C=O) groups is 3. The summed E-state index contributed by atoms with van der Waals surface area (Å²) in [5.41, 5.74) is 0.911. The number of methoxy groups -OCH3 is 1. The topological polar surface area (TPSA) is 84.5 Å². The highest BCUT2D eigenvalue weighted by Crippen LogP contribution is 2.17. The molecule has 2 aromatic rings. The number of hydrogen-bond acceptors (Lipinski definition) is 4. The van der Waals surface area contributed by atoms with Gasteiger partial charge in [0.05, 0.1) is 7.11 Å². The van der Waals surface area contributed by atoms with Crippen molar-refractivity contribution in [2.45, 2.75) is 45.7 Å². The first-order valence-electron chi connectivity index (χ1n) is 9.43. The normalized spacial score (nSPS) is 13.0. The minimum atomic E-state index is -0.831. The highest BCUT2D eigenvalue weighted by Gasteiger charge is 2.27. The van der Waals surface area contributed by atoms with E-state index in [1.807, 2.05) is 56.3 Å². The van der Waals surface area contributed by atoms with E-state index in [1.165, 1.54) is 14.0 Å². The van der Waals surface area contributed by atoms with Gasteiger partial charge in [-0.25, -0.2) is 4.79 Å². The van der Waals surface area contributed by atoms with Crippen molar-refractivity contribution in [1.29, 1.82) is 0 Å². The second kappa shape index (κ2) is 9.88. The third-order valence-corrected chi connectivity index (χ3v) is 4.46. The molecule has 0 bridgehead atoms. The van der Waals surface area contributed by atoms with Crippen LogP contribution in [0.2, 0.25) is 0 Å². The van der Waals surface area contributed by atoms with Gasteiger partial charge in [-0.05, 0) is 28.7 Å². The summed E-state index contributed by atoms with van der Waals surface area (Å²) in [7, 11) is 1.29. The van der Waals surface area contributed by atoms with Gasteiger partial charge in [-0.3, -0.25) is 9.59 Å². The minimum absolute atomic E-state index is 0.208. The van der Waals surface area contributed by atoms with Crippen molar-refractivity contribution in [3.63, 3.8) is 0 Å². The summed E-state index contributed by atoms with van der Waals surface area (Å²) in [6, 6.07) is 12.3. The Bertz CT molecular complexity index is 847. The summed E-state index contributed by atoms with van der Waals surface area (Å²) < 4.78 is 4.87. The number of ether oxygens (including phenoxy) is 1. The summed E-state index contributed by atoms with van der Waals surface area (Å²) in [5.74, 6) is -0.989. The molecule has 0 heterocycles. The van der Waals surface area contributed by atoms with Crippen molar-refractivity contribution >= 4 is 28.6 Å². The van der Waals surface area contributed by atoms with Gasteiger partial charge in [0.1, 0.15) is 12.1 Å². The molecule has 150 valence electrons. The lowest BCUT2D eigenvalue weighted by Gasteiger charge is -2.23. The summed E-state index contributed by atoms with van der Waals surface area (Å²) in [5, 5.41) is 7.57. The number of benzene rings is 2. The van der Waals surface area contributed by atoms with Crippen molar-refractivity contribution in [3.8, 4) is 0 Å². The van der Waals surface area contributed by atoms with Crippen molar-refractivity contribution in [2.24, 2.45) is 5.92 Å². The van der Waals surface area contributed by atoms with Crippen LogP contribution in [0.15, 0.2) is 42.5 Å². The molecule has 0 spiro atoms. The van der Waals surface area contributed by atoms with E-state index in [9.17, 15) is 14.4 Å². The molecule has 2 amide bonds. The van der Waals surface area contributed by atoms with E-state index < -0.39 is 18.1 Å². The maximum Gasteiger partial charge on any atom is 0.328 e. The zero-order valence-electron chi connectivity index (χ0n) is 16.8. The van der Waals surface area contributed by atoms with Crippen LogP contribution in [0, 0.1) is 5.92 Å². The Hall–Kier alpha value is -2.89. The molecule has 2 aromatic carbocycles. The Morgan fingerprint density at radius 2 is 1.64 bits per heavy atom. The first kappa shape index (κ1) is 21.4. The van der Waals surface area contributed by atoms with Crippen LogP contribution >= 0.6 is 0 Å². The van der Waals surface area contributed by atoms with Gasteiger partial charge < -0.3 is 15.4 Å². The Morgan fingerprint density at radius 1 is 0.964 bits per heavy atom. The first-order chi connectivity index (χ1) is 13.3. The van der Waals surface area contributed by atoms with Crippen LogP contribution in [0.25, 0.3) is 10.8 Å². The minimum Gasteiger partial charge on any atom is -0.467 e. The Morgan fingerprint density at radius 3 is 2.25 bits per heavy atom. The molecule has 0 saturated heterocycles. The molecule has 0 saturated carbocycles. The van der Waals surface area contributed by atoms with E-state index in [2.05, 4.69) is 10.6 Å². The summed E-state index contributed by atoms with van der Waals surface area (Å²) in [4.78, 5) is 36.4. The van der Waals surface area contributed by atoms with Crippen LogP contribution in [0.5, 0.6) is 0 Å². The van der Waals surface area contributed by atoms with E-state index in [-0.39, 0.29) is 17.7 Å². The monoisotopic (exact) mass is 384 g/mol. The van der Waals surface area contributed by atoms with Gasteiger partial charge in [0.2, 0.25) is 11.8 Å². The van der Waals surface area contributed by atoms with E-state index in [0.29, 0.717) is 12.8 Å². The molecule has 2 atom stereocenters. The lowest BCUT2D eigenvalue weighted by molar-refractivity contribution is -0.145. The predicted octanol–water partition coefficient (Wildman–Crippen LogP) is 2.59. The molecule has 0 aromatic heterocycles. The van der Waals surface area contributed by atoms with Crippen LogP contribution in [0.3, 0.4) is 0 Å². The van der Waals surface area contributed by atoms with E-state index in [0.717, 1.165) is 16.3 Å². The molecule has 6 nitrogen and oxygen atoms in total. The van der Waals surface area contributed by atoms with Crippen LogP contribution in [-0.2, 0) is 25.5 Å². The Kier molecular flexibility index (Phi) is 7.55. The molecule has 0 aliphatic carbocycles. The SMILES string of the molecule is COC(=O)[C@H](Cc1ccc2ccccc2c1)NC(=O)[C@H](CC(C)C)NC(C)=O. The first-order valence-corrected chi connectivity index (χ1v) is 9.43. The van der Waals surface area contributed by atoms with Gasteiger partial charge in [0.25, 0.3) is 0 Å². The molecule has 0 fully saturated rings. The van der Waals surface area contributed by atoms with Gasteiger partial charge in [0, 0.05) is 13.3 Å². The molecule has 2 rings (SSSR count). The molecule has 28 heavy (non-hydrogen) atoms. The van der Waals surface area contributed by atoms with Gasteiger partial charge in [-0.15, -0.1) is 0 Å². The third-order valence-electron chi connectivity index (χ3n) is 4.46. The number of nitrogens with one attached hydrogen (secondary N) is 2. The van der Waals surface area contributed by atoms with Gasteiger partial charge >= 0.3 is 5.97 Å². The number of fused-ring (bicyclic) bond motifs is 1. The zero-order chi connectivity index (χ0) is 20.7. The number of amides is 2. The molecule has 2 N–H and O–H groups in total. The standard InChI is InChI=1S/C22H28N2O4/c1-14(2)11-19(23-15(3)25)21(26)24-20(22(27)28-4)13-16-9-10-17-7-5-6-8-18(17)12-16/h5-10,12,14,19-20H,11,13H2,1-4H3,(H,23,25)(H,24,26)/t19-,20-/m0/s1. The van der Waals surface area contributed by atoms with Crippen molar-refractivity contribution in [3.05, 3.63) is 48.0 Å². The van der Waals surface area contributed by atoms with Gasteiger partial charge in [-0.2, -0.15) is 0 Å². The Balaban J connectivity index is 2.18. The smallest absolute Gasteiger partial charge is 0.328 e. The van der Waals surface area contributed by atoms with E-state index in [4.69, 9.17) is 4.74 Å². The van der Waals surface area contributed by atoms with Crippen molar-refractivity contribution in [2.75, 3.05) is 7.11 Å². The fourth-order valence-corrected chi connectivity index (χ4v) is 3.16. The van der Waals surface area contributed by atoms with Crippen LogP contribution < -0.4 is 10.6 Å². The number of hydrogen-bond donors (Lipinski definition) is 2. The lowest BCUT2D eigenvalue weighted by Crippen LogP contribution is -2.52. The molecule has 0 aliphatic rings. The fraction of sp³-hybridized carbons (Fsp3) is 0.409. The summed E-state index contributed by atoms with van der Waals surface area (Å²) >= 11 is 0. The van der Waals surface area contributed by atoms with Crippen LogP contribution in [0.4, 0.5) is 0 Å². The van der Waals surface area contributed by atoms with Crippen LogP contribution in [0.1, 0.15) is 32.8 Å². The average Bonchev–Trinajstić information content (AvgIpc) is 2.65.